The normalized spacial score (nSPS) is 15.8. The van der Waals surface area contributed by atoms with Crippen molar-refractivity contribution < 1.29 is 9.15 Å². The van der Waals surface area contributed by atoms with Crippen LogP contribution in [0.25, 0.3) is 0 Å². The Kier molecular flexibility index (Phi) is 5.12. The molecule has 1 N–H and O–H groups in total. The topological polar surface area (TPSA) is 63.4 Å². The molecular weight excluding hydrogens is 292 g/mol. The van der Waals surface area contributed by atoms with Gasteiger partial charge in [0.05, 0.1) is 6.04 Å². The van der Waals surface area contributed by atoms with E-state index < -0.39 is 0 Å². The van der Waals surface area contributed by atoms with Gasteiger partial charge in [0.1, 0.15) is 29.5 Å². The average Bonchev–Trinajstić information content (AvgIpc) is 3.23. The lowest BCUT2D eigenvalue weighted by Gasteiger charge is -2.19. The van der Waals surface area contributed by atoms with Gasteiger partial charge in [-0.25, -0.2) is 9.97 Å². The predicted octanol–water partition coefficient (Wildman–Crippen LogP) is 3.17. The largest absolute Gasteiger partial charge is 0.464 e. The van der Waals surface area contributed by atoms with E-state index in [9.17, 15) is 0 Å². The molecule has 23 heavy (non-hydrogen) atoms. The summed E-state index contributed by atoms with van der Waals surface area (Å²) < 4.78 is 11.0. The number of methoxy groups -OCH3 is 1. The van der Waals surface area contributed by atoms with Crippen LogP contribution in [0.4, 0.5) is 11.6 Å². The second-order valence-corrected chi connectivity index (χ2v) is 5.88. The number of ether oxygens (including phenoxy) is 1. The molecule has 2 aromatic heterocycles. The van der Waals surface area contributed by atoms with Crippen molar-refractivity contribution in [3.63, 3.8) is 0 Å². The number of aromatic nitrogens is 2. The molecular formula is C17H24N4O2. The molecule has 1 saturated heterocycles. The van der Waals surface area contributed by atoms with Gasteiger partial charge in [0.15, 0.2) is 0 Å². The van der Waals surface area contributed by atoms with Crippen LogP contribution in [0.5, 0.6) is 0 Å². The van der Waals surface area contributed by atoms with Crippen molar-refractivity contribution in [2.75, 3.05) is 37.0 Å². The van der Waals surface area contributed by atoms with E-state index >= 15 is 0 Å². The summed E-state index contributed by atoms with van der Waals surface area (Å²) in [4.78, 5) is 11.1. The summed E-state index contributed by atoms with van der Waals surface area (Å²) in [5, 5.41) is 3.46. The maximum atomic E-state index is 5.77. The van der Waals surface area contributed by atoms with Crippen LogP contribution in [0.3, 0.4) is 0 Å². The number of anilines is 2. The van der Waals surface area contributed by atoms with Crippen LogP contribution in [-0.4, -0.2) is 36.8 Å². The van der Waals surface area contributed by atoms with Gasteiger partial charge >= 0.3 is 0 Å². The van der Waals surface area contributed by atoms with Crippen molar-refractivity contribution in [3.05, 3.63) is 36.0 Å². The summed E-state index contributed by atoms with van der Waals surface area (Å²) >= 11 is 0. The summed E-state index contributed by atoms with van der Waals surface area (Å²) in [6, 6.07) is 6.03. The van der Waals surface area contributed by atoms with Crippen LogP contribution < -0.4 is 10.2 Å². The standard InChI is InChI=1S/C17H24N4O2/c1-13-5-6-15(23-13)14(7-10-22-2)20-16-11-17(19-12-18-16)21-8-3-4-9-21/h5-6,11-12,14H,3-4,7-10H2,1-2H3,(H,18,19,20). The number of hydrogen-bond donors (Lipinski definition) is 1. The zero-order chi connectivity index (χ0) is 16.1. The Morgan fingerprint density at radius 3 is 2.83 bits per heavy atom. The number of aryl methyl sites for hydroxylation is 1. The van der Waals surface area contributed by atoms with Gasteiger partial charge in [-0.3, -0.25) is 0 Å². The quantitative estimate of drug-likeness (QED) is 0.846. The van der Waals surface area contributed by atoms with Crippen LogP contribution >= 0.6 is 0 Å². The molecule has 0 aromatic carbocycles. The highest BCUT2D eigenvalue weighted by atomic mass is 16.5. The molecule has 0 amide bonds. The lowest BCUT2D eigenvalue weighted by Crippen LogP contribution is -2.20. The Hall–Kier alpha value is -2.08. The van der Waals surface area contributed by atoms with E-state index in [1.165, 1.54) is 12.8 Å². The second-order valence-electron chi connectivity index (χ2n) is 5.88. The number of rotatable bonds is 7. The van der Waals surface area contributed by atoms with Crippen LogP contribution in [0, 0.1) is 6.92 Å². The van der Waals surface area contributed by atoms with Gasteiger partial charge in [0.25, 0.3) is 0 Å². The Bertz CT molecular complexity index is 623. The minimum absolute atomic E-state index is 0.0324. The van der Waals surface area contributed by atoms with E-state index in [-0.39, 0.29) is 6.04 Å². The fraction of sp³-hybridized carbons (Fsp3) is 0.529. The SMILES string of the molecule is COCCC(Nc1cc(N2CCCC2)ncn1)c1ccc(C)o1. The molecule has 124 valence electrons. The van der Waals surface area contributed by atoms with Gasteiger partial charge in [-0.05, 0) is 38.3 Å². The third-order valence-corrected chi connectivity index (χ3v) is 4.12. The van der Waals surface area contributed by atoms with Crippen molar-refractivity contribution in [1.82, 2.24) is 9.97 Å². The monoisotopic (exact) mass is 316 g/mol. The van der Waals surface area contributed by atoms with Gasteiger partial charge in [-0.2, -0.15) is 0 Å². The van der Waals surface area contributed by atoms with E-state index in [0.717, 1.165) is 42.7 Å². The molecule has 0 radical (unpaired) electrons. The molecule has 6 nitrogen and oxygen atoms in total. The highest BCUT2D eigenvalue weighted by molar-refractivity contribution is 5.49. The van der Waals surface area contributed by atoms with Gasteiger partial charge in [0.2, 0.25) is 0 Å². The summed E-state index contributed by atoms with van der Waals surface area (Å²) in [5.41, 5.74) is 0. The van der Waals surface area contributed by atoms with Crippen molar-refractivity contribution in [3.8, 4) is 0 Å². The van der Waals surface area contributed by atoms with Gasteiger partial charge in [-0.1, -0.05) is 0 Å². The van der Waals surface area contributed by atoms with Crippen molar-refractivity contribution in [1.29, 1.82) is 0 Å². The molecule has 6 heteroatoms. The number of nitrogens with zero attached hydrogens (tertiary/aromatic N) is 3. The molecule has 2 aromatic rings. The van der Waals surface area contributed by atoms with E-state index in [1.54, 1.807) is 13.4 Å². The molecule has 1 fully saturated rings. The maximum absolute atomic E-state index is 5.77. The summed E-state index contributed by atoms with van der Waals surface area (Å²) in [6.45, 7) is 4.75. The highest BCUT2D eigenvalue weighted by Crippen LogP contribution is 2.26. The Morgan fingerprint density at radius 2 is 2.13 bits per heavy atom. The molecule has 3 rings (SSSR count). The molecule has 0 aliphatic carbocycles. The van der Waals surface area contributed by atoms with E-state index in [1.807, 2.05) is 25.1 Å². The summed E-state index contributed by atoms with van der Waals surface area (Å²) in [5.74, 6) is 3.61. The third kappa shape index (κ3) is 4.01. The van der Waals surface area contributed by atoms with E-state index in [4.69, 9.17) is 9.15 Å². The smallest absolute Gasteiger partial charge is 0.134 e. The zero-order valence-electron chi connectivity index (χ0n) is 13.8. The van der Waals surface area contributed by atoms with Crippen molar-refractivity contribution in [2.45, 2.75) is 32.2 Å². The molecule has 1 unspecified atom stereocenters. The molecule has 3 heterocycles. The third-order valence-electron chi connectivity index (χ3n) is 4.12. The fourth-order valence-electron chi connectivity index (χ4n) is 2.89. The molecule has 0 saturated carbocycles. The van der Waals surface area contributed by atoms with Gasteiger partial charge in [-0.15, -0.1) is 0 Å². The second kappa shape index (κ2) is 7.46. The predicted molar refractivity (Wildman–Crippen MR) is 89.8 cm³/mol. The minimum atomic E-state index is 0.0324. The number of hydrogen-bond acceptors (Lipinski definition) is 6. The first-order valence-corrected chi connectivity index (χ1v) is 8.15. The van der Waals surface area contributed by atoms with Crippen molar-refractivity contribution in [2.24, 2.45) is 0 Å². The summed E-state index contributed by atoms with van der Waals surface area (Å²) in [6.07, 6.45) is 4.90. The zero-order valence-corrected chi connectivity index (χ0v) is 13.8. The lowest BCUT2D eigenvalue weighted by molar-refractivity contribution is 0.187. The first-order valence-electron chi connectivity index (χ1n) is 8.15. The highest BCUT2D eigenvalue weighted by Gasteiger charge is 2.18. The molecule has 0 bridgehead atoms. The first kappa shape index (κ1) is 15.8. The number of nitrogens with one attached hydrogen (secondary N) is 1. The lowest BCUT2D eigenvalue weighted by atomic mass is 10.1. The van der Waals surface area contributed by atoms with E-state index in [2.05, 4.69) is 20.2 Å². The molecule has 0 spiro atoms. The molecule has 1 aliphatic rings. The van der Waals surface area contributed by atoms with Gasteiger partial charge in [0, 0.05) is 32.9 Å². The molecule has 1 aliphatic heterocycles. The maximum Gasteiger partial charge on any atom is 0.134 e. The van der Waals surface area contributed by atoms with Crippen molar-refractivity contribution >= 4 is 11.6 Å². The van der Waals surface area contributed by atoms with Crippen LogP contribution in [0.15, 0.2) is 28.9 Å². The van der Waals surface area contributed by atoms with Crippen LogP contribution in [-0.2, 0) is 4.74 Å². The average molecular weight is 316 g/mol. The van der Waals surface area contributed by atoms with Crippen LogP contribution in [0.2, 0.25) is 0 Å². The minimum Gasteiger partial charge on any atom is -0.464 e. The Labute approximate surface area is 136 Å². The first-order chi connectivity index (χ1) is 11.3. The van der Waals surface area contributed by atoms with Crippen LogP contribution in [0.1, 0.15) is 36.8 Å². The van der Waals surface area contributed by atoms with Gasteiger partial charge < -0.3 is 19.4 Å². The van der Waals surface area contributed by atoms with E-state index in [0.29, 0.717) is 6.61 Å². The Balaban J connectivity index is 1.75. The number of furan rings is 1. The fourth-order valence-corrected chi connectivity index (χ4v) is 2.89. The Morgan fingerprint density at radius 1 is 1.30 bits per heavy atom. The molecule has 1 atom stereocenters. The summed E-state index contributed by atoms with van der Waals surface area (Å²) in [7, 11) is 1.71.